The molecule has 6 atom stereocenters. The van der Waals surface area contributed by atoms with E-state index in [-0.39, 0.29) is 41.4 Å². The van der Waals surface area contributed by atoms with Crippen molar-refractivity contribution in [3.8, 4) is 33.8 Å². The average Bonchev–Trinajstić information content (AvgIpc) is 4.20. The van der Waals surface area contributed by atoms with Crippen LogP contribution in [0, 0.1) is 23.6 Å². The molecular weight excluding hydrogens is 836 g/mol. The van der Waals surface area contributed by atoms with Crippen molar-refractivity contribution in [3.63, 3.8) is 0 Å². The van der Waals surface area contributed by atoms with E-state index >= 15 is 4.39 Å². The number of carbonyl (C=O) groups excluding carboxylic acids is 4. The second-order valence-electron chi connectivity index (χ2n) is 17.6. The first-order valence-corrected chi connectivity index (χ1v) is 22.7. The maximum Gasteiger partial charge on any atom is 0.407 e. The molecule has 16 nitrogen and oxygen atoms in total. The number of pyridine rings is 1. The summed E-state index contributed by atoms with van der Waals surface area (Å²) >= 11 is 0. The summed E-state index contributed by atoms with van der Waals surface area (Å²) in [5, 5.41) is 6.45. The molecule has 342 valence electrons. The van der Waals surface area contributed by atoms with Crippen molar-refractivity contribution in [3.05, 3.63) is 78.4 Å². The van der Waals surface area contributed by atoms with Gasteiger partial charge in [0.05, 0.1) is 67.9 Å². The predicted octanol–water partition coefficient (Wildman–Crippen LogP) is 7.24. The van der Waals surface area contributed by atoms with Gasteiger partial charge in [0.1, 0.15) is 23.5 Å². The first kappa shape index (κ1) is 44.0. The lowest BCUT2D eigenvalue weighted by atomic mass is 9.73. The SMILES string of the molecule is COC(=O)NC(C(=O)C1CCCC[C@H]1c1ncc(-c2ccc3nc(-c4ccc(-c5cnc([C@@H]6CCCN6C(=O)[C@@H](NC(=O)OC)C6CCOCC6)[nH]5)cc4F)ccc3c2)[nH]1)C1CCOC1. The number of hydrogen-bond acceptors (Lipinski definition) is 11. The monoisotopic (exact) mass is 890 g/mol. The molecule has 5 aromatic rings. The zero-order valence-electron chi connectivity index (χ0n) is 36.6. The summed E-state index contributed by atoms with van der Waals surface area (Å²) in [4.78, 5) is 75.5. The minimum atomic E-state index is -0.741. The number of halogens is 1. The van der Waals surface area contributed by atoms with Crippen LogP contribution in [0.4, 0.5) is 14.0 Å². The molecule has 2 aromatic carbocycles. The van der Waals surface area contributed by atoms with Crippen molar-refractivity contribution in [2.75, 3.05) is 47.2 Å². The smallest absolute Gasteiger partial charge is 0.407 e. The number of H-pyrrole nitrogens is 2. The predicted molar refractivity (Wildman–Crippen MR) is 237 cm³/mol. The minimum absolute atomic E-state index is 0.00365. The minimum Gasteiger partial charge on any atom is -0.453 e. The van der Waals surface area contributed by atoms with Gasteiger partial charge in [-0.2, -0.15) is 0 Å². The van der Waals surface area contributed by atoms with E-state index in [1.54, 1.807) is 29.4 Å². The second kappa shape index (κ2) is 19.5. The van der Waals surface area contributed by atoms with E-state index in [1.165, 1.54) is 20.3 Å². The molecule has 3 saturated heterocycles. The van der Waals surface area contributed by atoms with E-state index in [9.17, 15) is 19.2 Å². The van der Waals surface area contributed by atoms with Gasteiger partial charge in [0, 0.05) is 66.2 Å². The number of likely N-dealkylation sites (tertiary alicyclic amines) is 1. The van der Waals surface area contributed by atoms with Gasteiger partial charge in [-0.3, -0.25) is 9.59 Å². The number of benzene rings is 2. The lowest BCUT2D eigenvalue weighted by Gasteiger charge is -2.34. The Kier molecular flexibility index (Phi) is 13.2. The summed E-state index contributed by atoms with van der Waals surface area (Å²) in [5.41, 5.74) is 4.45. The van der Waals surface area contributed by atoms with Gasteiger partial charge in [-0.1, -0.05) is 31.0 Å². The van der Waals surface area contributed by atoms with Gasteiger partial charge in [-0.05, 0) is 81.2 Å². The van der Waals surface area contributed by atoms with Crippen LogP contribution < -0.4 is 10.6 Å². The average molecular weight is 891 g/mol. The van der Waals surface area contributed by atoms with Crippen LogP contribution in [0.1, 0.15) is 81.4 Å². The number of aromatic amines is 2. The number of amides is 3. The van der Waals surface area contributed by atoms with Crippen LogP contribution in [-0.2, 0) is 28.5 Å². The third-order valence-electron chi connectivity index (χ3n) is 13.7. The molecule has 3 aliphatic heterocycles. The first-order chi connectivity index (χ1) is 31.7. The Morgan fingerprint density at radius 1 is 0.754 bits per heavy atom. The van der Waals surface area contributed by atoms with Crippen molar-refractivity contribution in [2.24, 2.45) is 17.8 Å². The van der Waals surface area contributed by atoms with Crippen molar-refractivity contribution >= 4 is 34.8 Å². The van der Waals surface area contributed by atoms with Gasteiger partial charge < -0.3 is 44.4 Å². The van der Waals surface area contributed by atoms with Gasteiger partial charge in [-0.15, -0.1) is 0 Å². The molecule has 0 bridgehead atoms. The van der Waals surface area contributed by atoms with Crippen LogP contribution in [0.5, 0.6) is 0 Å². The lowest BCUT2D eigenvalue weighted by molar-refractivity contribution is -0.136. The van der Waals surface area contributed by atoms with Crippen LogP contribution in [0.2, 0.25) is 0 Å². The molecule has 1 aliphatic carbocycles. The summed E-state index contributed by atoms with van der Waals surface area (Å²) in [6.45, 7) is 2.55. The molecule has 3 amide bonds. The number of ketones is 1. The molecule has 17 heteroatoms. The third-order valence-corrected chi connectivity index (χ3v) is 13.7. The maximum atomic E-state index is 16.0. The number of aromatic nitrogens is 5. The number of Topliss-reactive ketones (excluding diaryl/α,β-unsaturated/α-hetero) is 1. The number of nitrogens with zero attached hydrogens (tertiary/aromatic N) is 4. The van der Waals surface area contributed by atoms with E-state index in [4.69, 9.17) is 28.9 Å². The standard InChI is InChI=1S/C48H55FN8O8/c1-62-47(60)55-41(31-17-21-65-26-31)43(58)32-6-3-4-7-33(32)44-50-24-38(53-44)29-10-13-36-28(22-29)11-14-37(52-36)34-12-9-30(23-35(34)49)39-25-51-45(54-39)40-8-5-18-57(40)46(59)42(56-48(61)63-2)27-15-19-64-20-16-27/h9-14,22-25,27,31-33,40-42H,3-8,15-21,26H2,1-2H3,(H,50,53)(H,51,54)(H,55,60)(H,56,61)/t31?,32?,33-,40+,41?,42+/m1/s1. The summed E-state index contributed by atoms with van der Waals surface area (Å²) in [7, 11) is 2.58. The van der Waals surface area contributed by atoms with Crippen LogP contribution in [-0.4, -0.2) is 113 Å². The summed E-state index contributed by atoms with van der Waals surface area (Å²) in [6.07, 6.45) is 9.07. The fourth-order valence-corrected chi connectivity index (χ4v) is 10.2. The molecule has 4 aliphatic rings. The Hall–Kier alpha value is -6.20. The van der Waals surface area contributed by atoms with E-state index in [1.807, 2.05) is 30.3 Å². The number of rotatable bonds is 12. The van der Waals surface area contributed by atoms with Gasteiger partial charge in [0.15, 0.2) is 5.78 Å². The topological polar surface area (TPSA) is 203 Å². The van der Waals surface area contributed by atoms with E-state index < -0.39 is 30.1 Å². The number of methoxy groups -OCH3 is 2. The zero-order valence-corrected chi connectivity index (χ0v) is 36.6. The molecule has 0 spiro atoms. The molecule has 1 saturated carbocycles. The molecule has 4 N–H and O–H groups in total. The number of alkyl carbamates (subject to hydrolysis) is 2. The Bertz CT molecular complexity index is 2530. The summed E-state index contributed by atoms with van der Waals surface area (Å²) < 4.78 is 36.8. The quantitative estimate of drug-likeness (QED) is 0.0984. The van der Waals surface area contributed by atoms with Gasteiger partial charge in [0.2, 0.25) is 5.91 Å². The van der Waals surface area contributed by atoms with Gasteiger partial charge in [0.25, 0.3) is 0 Å². The highest BCUT2D eigenvalue weighted by Gasteiger charge is 2.42. The van der Waals surface area contributed by atoms with Crippen LogP contribution >= 0.6 is 0 Å². The number of nitrogens with one attached hydrogen (secondary N) is 4. The van der Waals surface area contributed by atoms with Crippen molar-refractivity contribution in [2.45, 2.75) is 81.8 Å². The van der Waals surface area contributed by atoms with E-state index in [2.05, 4.69) is 25.6 Å². The lowest BCUT2D eigenvalue weighted by Crippen LogP contribution is -2.53. The van der Waals surface area contributed by atoms with Crippen molar-refractivity contribution in [1.82, 2.24) is 40.5 Å². The summed E-state index contributed by atoms with van der Waals surface area (Å²) in [5.74, 6) is 0.108. The highest BCUT2D eigenvalue weighted by atomic mass is 19.1. The molecule has 6 heterocycles. The number of carbonyl (C=O) groups is 4. The second-order valence-corrected chi connectivity index (χ2v) is 17.6. The molecule has 3 aromatic heterocycles. The Labute approximate surface area is 375 Å². The molecule has 9 rings (SSSR count). The fourth-order valence-electron chi connectivity index (χ4n) is 10.2. The number of ether oxygens (including phenoxy) is 4. The Morgan fingerprint density at radius 2 is 1.43 bits per heavy atom. The maximum absolute atomic E-state index is 16.0. The van der Waals surface area contributed by atoms with Crippen molar-refractivity contribution < 1.29 is 42.5 Å². The molecular formula is C48H55FN8O8. The molecule has 4 fully saturated rings. The third kappa shape index (κ3) is 9.34. The normalized spacial score (nSPS) is 22.4. The highest BCUT2D eigenvalue weighted by molar-refractivity contribution is 5.91. The fraction of sp³-hybridized carbons (Fsp3) is 0.479. The van der Waals surface area contributed by atoms with Gasteiger partial charge >= 0.3 is 12.2 Å². The Morgan fingerprint density at radius 3 is 2.17 bits per heavy atom. The first-order valence-electron chi connectivity index (χ1n) is 22.7. The molecule has 65 heavy (non-hydrogen) atoms. The highest BCUT2D eigenvalue weighted by Crippen LogP contribution is 2.40. The largest absolute Gasteiger partial charge is 0.453 e. The van der Waals surface area contributed by atoms with Gasteiger partial charge in [-0.25, -0.2) is 28.9 Å². The number of fused-ring (bicyclic) bond motifs is 1. The van der Waals surface area contributed by atoms with E-state index in [0.717, 1.165) is 48.2 Å². The zero-order chi connectivity index (χ0) is 45.0. The Balaban J connectivity index is 0.885. The van der Waals surface area contributed by atoms with E-state index in [0.29, 0.717) is 98.9 Å². The van der Waals surface area contributed by atoms with Crippen LogP contribution in [0.3, 0.4) is 0 Å². The number of hydrogen-bond donors (Lipinski definition) is 4. The molecule has 0 radical (unpaired) electrons. The van der Waals surface area contributed by atoms with Crippen LogP contribution in [0.15, 0.2) is 60.9 Å². The number of imidazole rings is 2. The summed E-state index contributed by atoms with van der Waals surface area (Å²) in [6, 6.07) is 12.8. The van der Waals surface area contributed by atoms with Crippen LogP contribution in [0.25, 0.3) is 44.7 Å². The molecule has 3 unspecified atom stereocenters. The van der Waals surface area contributed by atoms with Crippen molar-refractivity contribution in [1.29, 1.82) is 0 Å².